The lowest BCUT2D eigenvalue weighted by atomic mass is 10.1. The lowest BCUT2D eigenvalue weighted by Gasteiger charge is -2.25. The highest BCUT2D eigenvalue weighted by Gasteiger charge is 2.36. The van der Waals surface area contributed by atoms with Gasteiger partial charge in [0.2, 0.25) is 0 Å². The number of aliphatic imine (C=N–C) groups is 1. The Hall–Kier alpha value is -2.55. The van der Waals surface area contributed by atoms with Gasteiger partial charge in [0.05, 0.1) is 0 Å². The zero-order chi connectivity index (χ0) is 21.4. The van der Waals surface area contributed by atoms with Crippen LogP contribution < -0.4 is 10.6 Å². The fraction of sp³-hybridized carbons (Fsp3) is 0.500. The summed E-state index contributed by atoms with van der Waals surface area (Å²) in [6.45, 7) is 3.65. The number of guanidine groups is 1. The van der Waals surface area contributed by atoms with Crippen LogP contribution in [0, 0.1) is 0 Å². The maximum atomic E-state index is 13.0. The topological polar surface area (TPSA) is 57.5 Å². The summed E-state index contributed by atoms with van der Waals surface area (Å²) in [7, 11) is 5.14. The monoisotopic (exact) mass is 410 g/mol. The van der Waals surface area contributed by atoms with Crippen molar-refractivity contribution >= 4 is 5.96 Å². The SMILES string of the molecule is CN=C(NCCC(C)N(C)Cc1ccccc1)NCc1cn(C)nc1C(F)(F)F. The van der Waals surface area contributed by atoms with E-state index >= 15 is 0 Å². The Bertz CT molecular complexity index is 785. The zero-order valence-electron chi connectivity index (χ0n) is 17.3. The molecule has 2 rings (SSSR count). The van der Waals surface area contributed by atoms with E-state index in [1.165, 1.54) is 23.5 Å². The summed E-state index contributed by atoms with van der Waals surface area (Å²) in [5.41, 5.74) is 0.460. The van der Waals surface area contributed by atoms with Gasteiger partial charge >= 0.3 is 6.18 Å². The molecule has 0 fully saturated rings. The minimum absolute atomic E-state index is 0.00811. The molecular formula is C20H29F3N6. The summed E-state index contributed by atoms with van der Waals surface area (Å²) < 4.78 is 40.3. The van der Waals surface area contributed by atoms with Crippen LogP contribution in [0.25, 0.3) is 0 Å². The van der Waals surface area contributed by atoms with Crippen molar-refractivity contribution in [2.45, 2.75) is 38.7 Å². The maximum absolute atomic E-state index is 13.0. The Balaban J connectivity index is 1.79. The largest absolute Gasteiger partial charge is 0.435 e. The van der Waals surface area contributed by atoms with Gasteiger partial charge in [-0.3, -0.25) is 14.6 Å². The number of hydrogen-bond donors (Lipinski definition) is 2. The molecule has 0 saturated carbocycles. The Morgan fingerprint density at radius 3 is 2.55 bits per heavy atom. The zero-order valence-corrected chi connectivity index (χ0v) is 17.3. The number of rotatable bonds is 8. The molecule has 9 heteroatoms. The molecule has 160 valence electrons. The fourth-order valence-electron chi connectivity index (χ4n) is 2.95. The van der Waals surface area contributed by atoms with E-state index in [0.717, 1.165) is 13.0 Å². The Morgan fingerprint density at radius 2 is 1.93 bits per heavy atom. The van der Waals surface area contributed by atoms with E-state index in [-0.39, 0.29) is 12.1 Å². The summed E-state index contributed by atoms with van der Waals surface area (Å²) in [6, 6.07) is 10.6. The van der Waals surface area contributed by atoms with Crippen molar-refractivity contribution in [2.24, 2.45) is 12.0 Å². The lowest BCUT2D eigenvalue weighted by molar-refractivity contribution is -0.142. The molecule has 2 N–H and O–H groups in total. The number of nitrogens with one attached hydrogen (secondary N) is 2. The number of alkyl halides is 3. The molecule has 2 aromatic rings. The van der Waals surface area contributed by atoms with Crippen LogP contribution in [0.15, 0.2) is 41.5 Å². The van der Waals surface area contributed by atoms with Gasteiger partial charge in [-0.05, 0) is 26.0 Å². The third-order valence-electron chi connectivity index (χ3n) is 4.72. The van der Waals surface area contributed by atoms with Crippen LogP contribution in [0.2, 0.25) is 0 Å². The first-order valence-electron chi connectivity index (χ1n) is 9.49. The van der Waals surface area contributed by atoms with Crippen molar-refractivity contribution in [3.8, 4) is 0 Å². The van der Waals surface area contributed by atoms with Crippen molar-refractivity contribution in [1.82, 2.24) is 25.3 Å². The van der Waals surface area contributed by atoms with Gasteiger partial charge in [0.15, 0.2) is 11.7 Å². The van der Waals surface area contributed by atoms with E-state index in [9.17, 15) is 13.2 Å². The van der Waals surface area contributed by atoms with Crippen LogP contribution in [-0.2, 0) is 26.3 Å². The van der Waals surface area contributed by atoms with Gasteiger partial charge in [-0.2, -0.15) is 18.3 Å². The van der Waals surface area contributed by atoms with Crippen molar-refractivity contribution < 1.29 is 13.2 Å². The Labute approximate surface area is 169 Å². The van der Waals surface area contributed by atoms with Crippen LogP contribution in [0.3, 0.4) is 0 Å². The van der Waals surface area contributed by atoms with Crippen molar-refractivity contribution in [3.63, 3.8) is 0 Å². The third-order valence-corrected chi connectivity index (χ3v) is 4.72. The van der Waals surface area contributed by atoms with Crippen LogP contribution in [0.5, 0.6) is 0 Å². The van der Waals surface area contributed by atoms with Gasteiger partial charge in [0.25, 0.3) is 0 Å². The van der Waals surface area contributed by atoms with Crippen molar-refractivity contribution in [1.29, 1.82) is 0 Å². The quantitative estimate of drug-likeness (QED) is 0.519. The Kier molecular flexibility index (Phi) is 8.07. The molecular weight excluding hydrogens is 381 g/mol. The predicted octanol–water partition coefficient (Wildman–Crippen LogP) is 3.01. The highest BCUT2D eigenvalue weighted by Crippen LogP contribution is 2.30. The van der Waals surface area contributed by atoms with Crippen molar-refractivity contribution in [3.05, 3.63) is 53.3 Å². The van der Waals surface area contributed by atoms with Gasteiger partial charge in [-0.15, -0.1) is 0 Å². The standard InChI is InChI=1S/C20H29F3N6/c1-15(28(3)13-16-8-6-5-7-9-16)10-11-25-19(24-2)26-12-17-14-29(4)27-18(17)20(21,22)23/h5-9,14-15H,10-13H2,1-4H3,(H2,24,25,26). The van der Waals surface area contributed by atoms with E-state index in [1.807, 2.05) is 18.2 Å². The first-order valence-corrected chi connectivity index (χ1v) is 9.49. The van der Waals surface area contributed by atoms with E-state index in [0.29, 0.717) is 18.5 Å². The minimum atomic E-state index is -4.48. The second-order valence-corrected chi connectivity index (χ2v) is 7.07. The average molecular weight is 410 g/mol. The van der Waals surface area contributed by atoms with Gasteiger partial charge < -0.3 is 10.6 Å². The second-order valence-electron chi connectivity index (χ2n) is 7.07. The van der Waals surface area contributed by atoms with Gasteiger partial charge in [-0.1, -0.05) is 30.3 Å². The molecule has 29 heavy (non-hydrogen) atoms. The first-order chi connectivity index (χ1) is 13.7. The predicted molar refractivity (Wildman–Crippen MR) is 108 cm³/mol. The first kappa shape index (κ1) is 22.7. The molecule has 0 spiro atoms. The lowest BCUT2D eigenvalue weighted by Crippen LogP contribution is -2.39. The van der Waals surface area contributed by atoms with Crippen LogP contribution in [0.4, 0.5) is 13.2 Å². The summed E-state index contributed by atoms with van der Waals surface area (Å²) >= 11 is 0. The summed E-state index contributed by atoms with van der Waals surface area (Å²) in [4.78, 5) is 6.35. The molecule has 0 aliphatic heterocycles. The van der Waals surface area contributed by atoms with E-state index in [2.05, 4.69) is 51.7 Å². The van der Waals surface area contributed by atoms with Gasteiger partial charge in [0, 0.05) is 51.5 Å². The van der Waals surface area contributed by atoms with Crippen LogP contribution in [0.1, 0.15) is 30.2 Å². The normalized spacial score (nSPS) is 13.6. The average Bonchev–Trinajstić information content (AvgIpc) is 3.06. The summed E-state index contributed by atoms with van der Waals surface area (Å²) in [5.74, 6) is 0.458. The summed E-state index contributed by atoms with van der Waals surface area (Å²) in [5, 5.41) is 9.60. The van der Waals surface area contributed by atoms with Crippen LogP contribution >= 0.6 is 0 Å². The molecule has 0 amide bonds. The number of aromatic nitrogens is 2. The van der Waals surface area contributed by atoms with Crippen molar-refractivity contribution in [2.75, 3.05) is 20.6 Å². The summed E-state index contributed by atoms with van der Waals surface area (Å²) in [6.07, 6.45) is -2.25. The van der Waals surface area contributed by atoms with E-state index < -0.39 is 11.9 Å². The number of nitrogens with zero attached hydrogens (tertiary/aromatic N) is 4. The highest BCUT2D eigenvalue weighted by molar-refractivity contribution is 5.79. The second kappa shape index (κ2) is 10.3. The molecule has 0 radical (unpaired) electrons. The molecule has 0 bridgehead atoms. The van der Waals surface area contributed by atoms with E-state index in [1.54, 1.807) is 7.05 Å². The third kappa shape index (κ3) is 7.08. The molecule has 0 aliphatic carbocycles. The van der Waals surface area contributed by atoms with Crippen LogP contribution in [-0.4, -0.2) is 47.3 Å². The molecule has 1 atom stereocenters. The Morgan fingerprint density at radius 1 is 1.24 bits per heavy atom. The molecule has 0 saturated heterocycles. The molecule has 1 aromatic carbocycles. The maximum Gasteiger partial charge on any atom is 0.435 e. The smallest absolute Gasteiger partial charge is 0.356 e. The molecule has 6 nitrogen and oxygen atoms in total. The highest BCUT2D eigenvalue weighted by atomic mass is 19.4. The minimum Gasteiger partial charge on any atom is -0.356 e. The number of halogens is 3. The van der Waals surface area contributed by atoms with E-state index in [4.69, 9.17) is 0 Å². The van der Waals surface area contributed by atoms with Gasteiger partial charge in [-0.25, -0.2) is 0 Å². The molecule has 1 heterocycles. The van der Waals surface area contributed by atoms with Gasteiger partial charge in [0.1, 0.15) is 0 Å². The number of benzene rings is 1. The fourth-order valence-corrected chi connectivity index (χ4v) is 2.95. The molecule has 0 aliphatic rings. The number of hydrogen-bond acceptors (Lipinski definition) is 3. The number of aryl methyl sites for hydroxylation is 1. The molecule has 1 unspecified atom stereocenters. The molecule has 1 aromatic heterocycles.